The molecule has 0 aromatic heterocycles. The summed E-state index contributed by atoms with van der Waals surface area (Å²) in [5, 5.41) is 21.3. The van der Waals surface area contributed by atoms with Crippen molar-refractivity contribution in [2.45, 2.75) is 38.8 Å². The van der Waals surface area contributed by atoms with Gasteiger partial charge in [-0.3, -0.25) is 0 Å². The van der Waals surface area contributed by atoms with Crippen molar-refractivity contribution in [1.29, 1.82) is 0 Å². The topological polar surface area (TPSA) is 111 Å². The molecule has 0 aliphatic rings. The fourth-order valence-electron chi connectivity index (χ4n) is 3.03. The monoisotopic (exact) mass is 360 g/mol. The summed E-state index contributed by atoms with van der Waals surface area (Å²) in [7, 11) is 2.98. The zero-order valence-electron chi connectivity index (χ0n) is 15.7. The Labute approximate surface area is 154 Å². The molecule has 2 atom stereocenters. The summed E-state index contributed by atoms with van der Waals surface area (Å²) < 4.78 is 10.6. The third-order valence-corrected chi connectivity index (χ3v) is 4.11. The van der Waals surface area contributed by atoms with Crippen LogP contribution in [0.25, 0.3) is 11.1 Å². The Hall–Kier alpha value is -2.44. The van der Waals surface area contributed by atoms with Crippen molar-refractivity contribution in [3.05, 3.63) is 35.4 Å². The lowest BCUT2D eigenvalue weighted by molar-refractivity contribution is 0.370. The first-order valence-corrected chi connectivity index (χ1v) is 8.58. The molecule has 0 saturated heterocycles. The van der Waals surface area contributed by atoms with Crippen LogP contribution in [0.15, 0.2) is 24.3 Å². The van der Waals surface area contributed by atoms with Gasteiger partial charge in [-0.05, 0) is 62.1 Å². The molecular weight excluding hydrogens is 332 g/mol. The predicted octanol–water partition coefficient (Wildman–Crippen LogP) is 2.56. The van der Waals surface area contributed by atoms with E-state index in [9.17, 15) is 10.2 Å². The second-order valence-electron chi connectivity index (χ2n) is 6.75. The van der Waals surface area contributed by atoms with Gasteiger partial charge in [0.1, 0.15) is 0 Å². The lowest BCUT2D eigenvalue weighted by atomic mass is 9.94. The number of hydrogen-bond donors (Lipinski definition) is 4. The van der Waals surface area contributed by atoms with Gasteiger partial charge in [0.2, 0.25) is 0 Å². The van der Waals surface area contributed by atoms with Gasteiger partial charge in [-0.2, -0.15) is 0 Å². The van der Waals surface area contributed by atoms with E-state index in [1.54, 1.807) is 12.1 Å². The van der Waals surface area contributed by atoms with Crippen molar-refractivity contribution < 1.29 is 19.7 Å². The first-order chi connectivity index (χ1) is 12.3. The molecule has 0 aliphatic heterocycles. The van der Waals surface area contributed by atoms with Crippen LogP contribution >= 0.6 is 0 Å². The van der Waals surface area contributed by atoms with Gasteiger partial charge < -0.3 is 31.2 Å². The molecule has 142 valence electrons. The van der Waals surface area contributed by atoms with Crippen LogP contribution in [0.2, 0.25) is 0 Å². The Morgan fingerprint density at radius 1 is 0.769 bits per heavy atom. The van der Waals surface area contributed by atoms with Crippen LogP contribution in [0.5, 0.6) is 23.0 Å². The Morgan fingerprint density at radius 3 is 1.38 bits per heavy atom. The number of aromatic hydroxyl groups is 2. The molecule has 6 heteroatoms. The summed E-state index contributed by atoms with van der Waals surface area (Å²) in [6.45, 7) is 3.81. The number of benzene rings is 2. The zero-order chi connectivity index (χ0) is 19.4. The molecule has 6 nitrogen and oxygen atoms in total. The van der Waals surface area contributed by atoms with Gasteiger partial charge in [-0.1, -0.05) is 0 Å². The molecule has 2 unspecified atom stereocenters. The van der Waals surface area contributed by atoms with Crippen LogP contribution < -0.4 is 20.9 Å². The SMILES string of the molecule is COc1cc(CC(C)N)cc(-c2cc(CC(C)N)cc(OC)c2O)c1O. The molecule has 6 N–H and O–H groups in total. The second kappa shape index (κ2) is 8.29. The highest BCUT2D eigenvalue weighted by Crippen LogP contribution is 2.45. The van der Waals surface area contributed by atoms with Crippen molar-refractivity contribution in [2.75, 3.05) is 14.2 Å². The first-order valence-electron chi connectivity index (χ1n) is 8.58. The molecule has 0 fully saturated rings. The fraction of sp³-hybridized carbons (Fsp3) is 0.400. The minimum atomic E-state index is -0.0512. The van der Waals surface area contributed by atoms with Gasteiger partial charge >= 0.3 is 0 Å². The van der Waals surface area contributed by atoms with E-state index in [4.69, 9.17) is 20.9 Å². The molecule has 0 spiro atoms. The Morgan fingerprint density at radius 2 is 1.12 bits per heavy atom. The minimum Gasteiger partial charge on any atom is -0.504 e. The summed E-state index contributed by atoms with van der Waals surface area (Å²) in [4.78, 5) is 0. The van der Waals surface area contributed by atoms with E-state index >= 15 is 0 Å². The number of nitrogens with two attached hydrogens (primary N) is 2. The van der Waals surface area contributed by atoms with Gasteiger partial charge in [0.15, 0.2) is 23.0 Å². The van der Waals surface area contributed by atoms with Crippen molar-refractivity contribution in [2.24, 2.45) is 11.5 Å². The number of phenols is 2. The molecule has 0 amide bonds. The lowest BCUT2D eigenvalue weighted by Gasteiger charge is -2.17. The quantitative estimate of drug-likeness (QED) is 0.604. The average molecular weight is 360 g/mol. The van der Waals surface area contributed by atoms with Crippen molar-refractivity contribution in [1.82, 2.24) is 0 Å². The summed E-state index contributed by atoms with van der Waals surface area (Å²) in [6.07, 6.45) is 1.22. The lowest BCUT2D eigenvalue weighted by Crippen LogP contribution is -2.18. The Kier molecular flexibility index (Phi) is 6.34. The summed E-state index contributed by atoms with van der Waals surface area (Å²) in [5.41, 5.74) is 14.5. The van der Waals surface area contributed by atoms with Gasteiger partial charge in [-0.25, -0.2) is 0 Å². The van der Waals surface area contributed by atoms with E-state index < -0.39 is 0 Å². The Balaban J connectivity index is 2.69. The Bertz CT molecular complexity index is 707. The smallest absolute Gasteiger partial charge is 0.165 e. The van der Waals surface area contributed by atoms with Crippen molar-refractivity contribution in [3.8, 4) is 34.1 Å². The van der Waals surface area contributed by atoms with Crippen LogP contribution in [-0.2, 0) is 12.8 Å². The minimum absolute atomic E-state index is 0.0452. The highest BCUT2D eigenvalue weighted by molar-refractivity contribution is 5.81. The number of methoxy groups -OCH3 is 2. The van der Waals surface area contributed by atoms with Gasteiger partial charge in [0, 0.05) is 23.2 Å². The standard InChI is InChI=1S/C20H28N2O4/c1-11(21)5-13-7-15(19(23)17(9-13)25-3)16-8-14(6-12(2)22)10-18(26-4)20(16)24/h7-12,23-24H,5-6,21-22H2,1-4H3. The highest BCUT2D eigenvalue weighted by atomic mass is 16.5. The maximum atomic E-state index is 10.6. The van der Waals surface area contributed by atoms with Crippen molar-refractivity contribution >= 4 is 0 Å². The summed E-state index contributed by atoms with van der Waals surface area (Å²) in [5.74, 6) is 0.565. The summed E-state index contributed by atoms with van der Waals surface area (Å²) >= 11 is 0. The van der Waals surface area contributed by atoms with E-state index in [-0.39, 0.29) is 23.6 Å². The third-order valence-electron chi connectivity index (χ3n) is 4.11. The number of hydrogen-bond acceptors (Lipinski definition) is 6. The summed E-state index contributed by atoms with van der Waals surface area (Å²) in [6, 6.07) is 7.02. The number of ether oxygens (including phenoxy) is 2. The van der Waals surface area contributed by atoms with Crippen LogP contribution in [0.4, 0.5) is 0 Å². The highest BCUT2D eigenvalue weighted by Gasteiger charge is 2.19. The molecule has 26 heavy (non-hydrogen) atoms. The molecule has 0 radical (unpaired) electrons. The van der Waals surface area contributed by atoms with E-state index in [0.717, 1.165) is 11.1 Å². The maximum Gasteiger partial charge on any atom is 0.165 e. The van der Waals surface area contributed by atoms with E-state index in [0.29, 0.717) is 35.5 Å². The average Bonchev–Trinajstić information content (AvgIpc) is 2.56. The molecule has 2 aromatic carbocycles. The molecule has 0 saturated carbocycles. The largest absolute Gasteiger partial charge is 0.504 e. The van der Waals surface area contributed by atoms with Gasteiger partial charge in [0.05, 0.1) is 14.2 Å². The van der Waals surface area contributed by atoms with Crippen LogP contribution in [0.3, 0.4) is 0 Å². The van der Waals surface area contributed by atoms with E-state index in [1.165, 1.54) is 14.2 Å². The van der Waals surface area contributed by atoms with Crippen LogP contribution in [0.1, 0.15) is 25.0 Å². The number of phenolic OH excluding ortho intramolecular Hbond substituents is 2. The number of rotatable bonds is 7. The predicted molar refractivity (Wildman–Crippen MR) is 103 cm³/mol. The second-order valence-corrected chi connectivity index (χ2v) is 6.75. The van der Waals surface area contributed by atoms with E-state index in [1.807, 2.05) is 26.0 Å². The molecule has 2 rings (SSSR count). The van der Waals surface area contributed by atoms with Gasteiger partial charge in [0.25, 0.3) is 0 Å². The first kappa shape index (κ1) is 19.9. The molecule has 0 bridgehead atoms. The molecule has 0 heterocycles. The molecule has 0 aliphatic carbocycles. The third kappa shape index (κ3) is 4.39. The van der Waals surface area contributed by atoms with Crippen LogP contribution in [0, 0.1) is 0 Å². The van der Waals surface area contributed by atoms with Gasteiger partial charge in [-0.15, -0.1) is 0 Å². The zero-order valence-corrected chi connectivity index (χ0v) is 15.7. The molecular formula is C20H28N2O4. The fourth-order valence-corrected chi connectivity index (χ4v) is 3.03. The normalized spacial score (nSPS) is 13.3. The van der Waals surface area contributed by atoms with Crippen LogP contribution in [-0.4, -0.2) is 36.5 Å². The maximum absolute atomic E-state index is 10.6. The molecule has 2 aromatic rings. The van der Waals surface area contributed by atoms with Crippen molar-refractivity contribution in [3.63, 3.8) is 0 Å². The van der Waals surface area contributed by atoms with E-state index in [2.05, 4.69) is 0 Å².